The molecule has 0 spiro atoms. The van der Waals surface area contributed by atoms with E-state index < -0.39 is 0 Å². The standard InChI is InChI=1S/C18H26N4O/c1-14-9-15(7-8-18(14)22-13-19-12-21-22)10-20-17-6-4-2-3-5-16(17)11-23/h7-9,12-13,16-17,20,23H,2-6,10-11H2,1H3. The molecule has 2 atom stereocenters. The van der Waals surface area contributed by atoms with Crippen molar-refractivity contribution < 1.29 is 5.11 Å². The molecule has 1 aliphatic carbocycles. The molecular weight excluding hydrogens is 288 g/mol. The number of aromatic nitrogens is 3. The Labute approximate surface area is 137 Å². The van der Waals surface area contributed by atoms with E-state index in [4.69, 9.17) is 0 Å². The molecule has 2 aromatic rings. The van der Waals surface area contributed by atoms with Gasteiger partial charge in [0.05, 0.1) is 5.69 Å². The van der Waals surface area contributed by atoms with Gasteiger partial charge in [-0.25, -0.2) is 9.67 Å². The molecule has 0 amide bonds. The van der Waals surface area contributed by atoms with Crippen molar-refractivity contribution in [1.82, 2.24) is 20.1 Å². The second-order valence-electron chi connectivity index (χ2n) is 6.53. The number of hydrogen-bond donors (Lipinski definition) is 2. The summed E-state index contributed by atoms with van der Waals surface area (Å²) in [6.07, 6.45) is 9.38. The first-order chi connectivity index (χ1) is 11.3. The maximum absolute atomic E-state index is 9.61. The molecule has 5 heteroatoms. The number of aliphatic hydroxyl groups excluding tert-OH is 1. The van der Waals surface area contributed by atoms with Gasteiger partial charge in [0.25, 0.3) is 0 Å². The topological polar surface area (TPSA) is 63.0 Å². The summed E-state index contributed by atoms with van der Waals surface area (Å²) in [5, 5.41) is 17.5. The number of nitrogens with zero attached hydrogens (tertiary/aromatic N) is 3. The Morgan fingerprint density at radius 2 is 2.13 bits per heavy atom. The van der Waals surface area contributed by atoms with E-state index in [0.717, 1.165) is 18.7 Å². The van der Waals surface area contributed by atoms with Crippen LogP contribution in [0.1, 0.15) is 43.2 Å². The molecule has 124 valence electrons. The summed E-state index contributed by atoms with van der Waals surface area (Å²) in [5.41, 5.74) is 3.52. The monoisotopic (exact) mass is 314 g/mol. The molecule has 2 N–H and O–H groups in total. The lowest BCUT2D eigenvalue weighted by Gasteiger charge is -2.24. The fourth-order valence-corrected chi connectivity index (χ4v) is 3.54. The van der Waals surface area contributed by atoms with Gasteiger partial charge in [0.2, 0.25) is 0 Å². The normalized spacial score (nSPS) is 22.0. The van der Waals surface area contributed by atoms with Crippen molar-refractivity contribution in [3.05, 3.63) is 42.0 Å². The van der Waals surface area contributed by atoms with Crippen molar-refractivity contribution in [2.45, 2.75) is 51.6 Å². The predicted octanol–water partition coefficient (Wildman–Crippen LogP) is 2.61. The van der Waals surface area contributed by atoms with E-state index in [1.807, 2.05) is 0 Å². The lowest BCUT2D eigenvalue weighted by Crippen LogP contribution is -2.36. The van der Waals surface area contributed by atoms with Crippen LogP contribution in [0.4, 0.5) is 0 Å². The SMILES string of the molecule is Cc1cc(CNC2CCCCCC2CO)ccc1-n1cncn1. The van der Waals surface area contributed by atoms with Crippen molar-refractivity contribution in [2.75, 3.05) is 6.61 Å². The molecule has 0 saturated heterocycles. The van der Waals surface area contributed by atoms with Crippen LogP contribution in [0, 0.1) is 12.8 Å². The molecule has 1 aromatic carbocycles. The molecule has 5 nitrogen and oxygen atoms in total. The van der Waals surface area contributed by atoms with Crippen LogP contribution in [-0.2, 0) is 6.54 Å². The molecular formula is C18H26N4O. The van der Waals surface area contributed by atoms with Crippen molar-refractivity contribution in [3.63, 3.8) is 0 Å². The van der Waals surface area contributed by atoms with Gasteiger partial charge in [-0.05, 0) is 42.9 Å². The molecule has 1 saturated carbocycles. The summed E-state index contributed by atoms with van der Waals surface area (Å²) < 4.78 is 1.79. The number of aryl methyl sites for hydroxylation is 1. The molecule has 1 aromatic heterocycles. The number of aliphatic hydroxyl groups is 1. The highest BCUT2D eigenvalue weighted by Gasteiger charge is 2.22. The molecule has 1 heterocycles. The highest BCUT2D eigenvalue weighted by atomic mass is 16.3. The molecule has 2 unspecified atom stereocenters. The first kappa shape index (κ1) is 16.1. The van der Waals surface area contributed by atoms with Crippen LogP contribution in [0.3, 0.4) is 0 Å². The highest BCUT2D eigenvalue weighted by molar-refractivity contribution is 5.41. The number of nitrogens with one attached hydrogen (secondary N) is 1. The molecule has 0 radical (unpaired) electrons. The maximum Gasteiger partial charge on any atom is 0.138 e. The van der Waals surface area contributed by atoms with Crippen molar-refractivity contribution in [1.29, 1.82) is 0 Å². The van der Waals surface area contributed by atoms with Gasteiger partial charge >= 0.3 is 0 Å². The van der Waals surface area contributed by atoms with Crippen molar-refractivity contribution >= 4 is 0 Å². The Hall–Kier alpha value is -1.72. The van der Waals surface area contributed by atoms with Gasteiger partial charge < -0.3 is 10.4 Å². The Morgan fingerprint density at radius 1 is 1.26 bits per heavy atom. The third kappa shape index (κ3) is 3.98. The Morgan fingerprint density at radius 3 is 2.87 bits per heavy atom. The summed E-state index contributed by atoms with van der Waals surface area (Å²) in [4.78, 5) is 4.00. The molecule has 0 aliphatic heterocycles. The quantitative estimate of drug-likeness (QED) is 0.833. The minimum Gasteiger partial charge on any atom is -0.396 e. The number of rotatable bonds is 5. The fraction of sp³-hybridized carbons (Fsp3) is 0.556. The zero-order valence-corrected chi connectivity index (χ0v) is 13.8. The Kier molecular flexibility index (Phi) is 5.41. The van der Waals surface area contributed by atoms with Gasteiger partial charge in [-0.2, -0.15) is 5.10 Å². The average molecular weight is 314 g/mol. The van der Waals surface area contributed by atoms with E-state index in [1.165, 1.54) is 36.8 Å². The Bertz CT molecular complexity index is 611. The smallest absolute Gasteiger partial charge is 0.138 e. The van der Waals surface area contributed by atoms with Crippen LogP contribution >= 0.6 is 0 Å². The van der Waals surface area contributed by atoms with E-state index in [1.54, 1.807) is 17.3 Å². The van der Waals surface area contributed by atoms with Gasteiger partial charge in [-0.15, -0.1) is 0 Å². The van der Waals surface area contributed by atoms with Gasteiger partial charge in [-0.3, -0.25) is 0 Å². The molecule has 1 aliphatic rings. The summed E-state index contributed by atoms with van der Waals surface area (Å²) in [6.45, 7) is 3.24. The zero-order valence-electron chi connectivity index (χ0n) is 13.8. The molecule has 0 bridgehead atoms. The minimum atomic E-state index is 0.294. The maximum atomic E-state index is 9.61. The van der Waals surface area contributed by atoms with Crippen LogP contribution < -0.4 is 5.32 Å². The molecule has 23 heavy (non-hydrogen) atoms. The lowest BCUT2D eigenvalue weighted by molar-refractivity contribution is 0.181. The van der Waals surface area contributed by atoms with Crippen LogP contribution in [0.5, 0.6) is 0 Å². The summed E-state index contributed by atoms with van der Waals surface area (Å²) >= 11 is 0. The first-order valence-corrected chi connectivity index (χ1v) is 8.56. The number of benzene rings is 1. The van der Waals surface area contributed by atoms with E-state index in [2.05, 4.69) is 40.5 Å². The van der Waals surface area contributed by atoms with Gasteiger partial charge in [0.15, 0.2) is 0 Å². The van der Waals surface area contributed by atoms with E-state index in [9.17, 15) is 5.11 Å². The van der Waals surface area contributed by atoms with Crippen molar-refractivity contribution in [3.8, 4) is 5.69 Å². The third-order valence-corrected chi connectivity index (χ3v) is 4.89. The lowest BCUT2D eigenvalue weighted by atomic mass is 9.95. The Balaban J connectivity index is 1.65. The van der Waals surface area contributed by atoms with Gasteiger partial charge in [0.1, 0.15) is 12.7 Å². The van der Waals surface area contributed by atoms with E-state index in [0.29, 0.717) is 18.6 Å². The second kappa shape index (κ2) is 7.70. The first-order valence-electron chi connectivity index (χ1n) is 8.56. The van der Waals surface area contributed by atoms with E-state index >= 15 is 0 Å². The number of hydrogen-bond acceptors (Lipinski definition) is 4. The zero-order chi connectivity index (χ0) is 16.1. The van der Waals surface area contributed by atoms with Crippen LogP contribution in [-0.4, -0.2) is 32.5 Å². The van der Waals surface area contributed by atoms with Crippen LogP contribution in [0.15, 0.2) is 30.9 Å². The van der Waals surface area contributed by atoms with Crippen molar-refractivity contribution in [2.24, 2.45) is 5.92 Å². The van der Waals surface area contributed by atoms with Gasteiger partial charge in [0, 0.05) is 19.2 Å². The summed E-state index contributed by atoms with van der Waals surface area (Å²) in [7, 11) is 0. The fourth-order valence-electron chi connectivity index (χ4n) is 3.54. The van der Waals surface area contributed by atoms with E-state index in [-0.39, 0.29) is 0 Å². The highest BCUT2D eigenvalue weighted by Crippen LogP contribution is 2.23. The van der Waals surface area contributed by atoms with Crippen LogP contribution in [0.2, 0.25) is 0 Å². The summed E-state index contributed by atoms with van der Waals surface area (Å²) in [6, 6.07) is 6.87. The molecule has 1 fully saturated rings. The predicted molar refractivity (Wildman–Crippen MR) is 90.4 cm³/mol. The van der Waals surface area contributed by atoms with Crippen LogP contribution in [0.25, 0.3) is 5.69 Å². The largest absolute Gasteiger partial charge is 0.396 e. The average Bonchev–Trinajstić information content (AvgIpc) is 2.99. The second-order valence-corrected chi connectivity index (χ2v) is 6.53. The molecule has 3 rings (SSSR count). The third-order valence-electron chi connectivity index (χ3n) is 4.89. The summed E-state index contributed by atoms with van der Waals surface area (Å²) in [5.74, 6) is 0.396. The van der Waals surface area contributed by atoms with Gasteiger partial charge in [-0.1, -0.05) is 31.4 Å². The minimum absolute atomic E-state index is 0.294.